The molecule has 0 aromatic rings. The van der Waals surface area contributed by atoms with E-state index in [4.69, 9.17) is 19.5 Å². The molecule has 4 atom stereocenters. The third kappa shape index (κ3) is 4.13. The van der Waals surface area contributed by atoms with Crippen molar-refractivity contribution in [2.24, 2.45) is 0 Å². The molecule has 0 radical (unpaired) electrons. The van der Waals surface area contributed by atoms with Crippen molar-refractivity contribution in [2.45, 2.75) is 44.9 Å². The van der Waals surface area contributed by atoms with Crippen LogP contribution >= 0.6 is 0 Å². The van der Waals surface area contributed by atoms with E-state index < -0.39 is 48.7 Å². The molecule has 0 bridgehead atoms. The molecule has 116 valence electrons. The Morgan fingerprint density at radius 3 is 2.10 bits per heavy atom. The van der Waals surface area contributed by atoms with Crippen LogP contribution in [0.1, 0.15) is 20.8 Å². The molecule has 0 aromatic carbocycles. The van der Waals surface area contributed by atoms with E-state index >= 15 is 0 Å². The van der Waals surface area contributed by atoms with E-state index in [1.807, 2.05) is 0 Å². The lowest BCUT2D eigenvalue weighted by Gasteiger charge is -2.40. The Balaban J connectivity index is 3.13. The van der Waals surface area contributed by atoms with Gasteiger partial charge in [-0.15, -0.1) is 0 Å². The van der Waals surface area contributed by atoms with Crippen LogP contribution in [-0.4, -0.2) is 48.7 Å². The van der Waals surface area contributed by atoms with Gasteiger partial charge in [-0.2, -0.15) is 9.65 Å². The fourth-order valence-corrected chi connectivity index (χ4v) is 1.85. The molecule has 1 rings (SSSR count). The van der Waals surface area contributed by atoms with Crippen molar-refractivity contribution in [1.29, 1.82) is 5.26 Å². The number of rotatable bonds is 3. The van der Waals surface area contributed by atoms with Crippen LogP contribution in [0.5, 0.6) is 0 Å². The van der Waals surface area contributed by atoms with Crippen molar-refractivity contribution >= 4 is 17.9 Å². The lowest BCUT2D eigenvalue weighted by Crippen LogP contribution is -2.61. The normalized spacial score (nSPS) is 31.7. The highest BCUT2D eigenvalue weighted by Crippen LogP contribution is 2.32. The molecule has 9 heteroatoms. The second kappa shape index (κ2) is 6.49. The number of carbonyl (C=O) groups excluding carboxylic acids is 3. The number of carbonyl (C=O) groups is 3. The first kappa shape index (κ1) is 16.8. The van der Waals surface area contributed by atoms with E-state index in [0.717, 1.165) is 20.8 Å². The summed E-state index contributed by atoms with van der Waals surface area (Å²) in [5.74, 6) is -5.48. The second-order valence-corrected chi connectivity index (χ2v) is 4.32. The summed E-state index contributed by atoms with van der Waals surface area (Å²) in [6.07, 6.45) is -4.57. The molecule has 1 fully saturated rings. The summed E-state index contributed by atoms with van der Waals surface area (Å²) >= 11 is 0. The van der Waals surface area contributed by atoms with Crippen LogP contribution in [0.15, 0.2) is 0 Å². The standard InChI is InChI=1S/C12H14FNO7/c1-6(15)19-9-4-18-12(13,5-14)11(21-8(3)17)10(9)20-7(2)16/h9-11H,4H2,1-3H3/t9?,10?,11?,12-/m0/s1. The van der Waals surface area contributed by atoms with Gasteiger partial charge in [0.15, 0.2) is 12.2 Å². The molecule has 1 aliphatic rings. The van der Waals surface area contributed by atoms with Gasteiger partial charge in [0, 0.05) is 20.8 Å². The molecule has 0 N–H and O–H groups in total. The molecule has 0 spiro atoms. The van der Waals surface area contributed by atoms with E-state index in [-0.39, 0.29) is 0 Å². The summed E-state index contributed by atoms with van der Waals surface area (Å²) in [5, 5.41) is 8.86. The maximum atomic E-state index is 14.3. The molecular weight excluding hydrogens is 289 g/mol. The lowest BCUT2D eigenvalue weighted by molar-refractivity contribution is -0.274. The molecule has 8 nitrogen and oxygen atoms in total. The lowest BCUT2D eigenvalue weighted by atomic mass is 9.98. The Hall–Kier alpha value is -2.21. The molecular formula is C12H14FNO7. The third-order valence-electron chi connectivity index (χ3n) is 2.55. The van der Waals surface area contributed by atoms with Crippen molar-refractivity contribution in [3.05, 3.63) is 0 Å². The predicted octanol–water partition coefficient (Wildman–Crippen LogP) is 0.00108. The molecule has 3 unspecified atom stereocenters. The van der Waals surface area contributed by atoms with Crippen LogP contribution in [0.2, 0.25) is 0 Å². The fourth-order valence-electron chi connectivity index (χ4n) is 1.85. The van der Waals surface area contributed by atoms with Gasteiger partial charge in [-0.05, 0) is 0 Å². The fraction of sp³-hybridized carbons (Fsp3) is 0.667. The zero-order valence-electron chi connectivity index (χ0n) is 11.6. The largest absolute Gasteiger partial charge is 0.456 e. The maximum Gasteiger partial charge on any atom is 0.338 e. The van der Waals surface area contributed by atoms with Gasteiger partial charge in [0.2, 0.25) is 6.10 Å². The Bertz CT molecular complexity index is 488. The van der Waals surface area contributed by atoms with Crippen LogP contribution in [0.25, 0.3) is 0 Å². The summed E-state index contributed by atoms with van der Waals surface area (Å²) in [5.41, 5.74) is 0. The van der Waals surface area contributed by atoms with Gasteiger partial charge < -0.3 is 18.9 Å². The number of hydrogen-bond acceptors (Lipinski definition) is 8. The highest BCUT2D eigenvalue weighted by Gasteiger charge is 2.57. The molecule has 0 saturated carbocycles. The Kier molecular flexibility index (Phi) is 5.21. The van der Waals surface area contributed by atoms with Gasteiger partial charge in [-0.25, -0.2) is 0 Å². The van der Waals surface area contributed by atoms with Gasteiger partial charge in [0.1, 0.15) is 6.07 Å². The number of nitrogens with zero attached hydrogens (tertiary/aromatic N) is 1. The zero-order valence-corrected chi connectivity index (χ0v) is 11.6. The van der Waals surface area contributed by atoms with E-state index in [0.29, 0.717) is 0 Å². The molecule has 21 heavy (non-hydrogen) atoms. The Labute approximate surface area is 119 Å². The zero-order chi connectivity index (χ0) is 16.2. The van der Waals surface area contributed by atoms with Crippen LogP contribution in [0.3, 0.4) is 0 Å². The van der Waals surface area contributed by atoms with E-state index in [1.54, 1.807) is 0 Å². The summed E-state index contributed by atoms with van der Waals surface area (Å²) < 4.78 is 33.4. The predicted molar refractivity (Wildman–Crippen MR) is 62.1 cm³/mol. The number of esters is 3. The minimum absolute atomic E-state index is 0.528. The second-order valence-electron chi connectivity index (χ2n) is 4.32. The van der Waals surface area contributed by atoms with Crippen LogP contribution in [-0.2, 0) is 33.3 Å². The number of alkyl halides is 1. The first-order valence-corrected chi connectivity index (χ1v) is 5.95. The summed E-state index contributed by atoms with van der Waals surface area (Å²) in [6, 6.07) is 1.21. The average molecular weight is 303 g/mol. The molecule has 0 aliphatic carbocycles. The minimum atomic E-state index is -3.01. The summed E-state index contributed by atoms with van der Waals surface area (Å²) in [4.78, 5) is 33.2. The van der Waals surface area contributed by atoms with Gasteiger partial charge in [-0.3, -0.25) is 14.4 Å². The number of nitriles is 1. The quantitative estimate of drug-likeness (QED) is 0.529. The van der Waals surface area contributed by atoms with Crippen LogP contribution in [0, 0.1) is 11.3 Å². The maximum absolute atomic E-state index is 14.3. The molecule has 1 saturated heterocycles. The first-order valence-electron chi connectivity index (χ1n) is 5.95. The average Bonchev–Trinajstić information content (AvgIpc) is 2.36. The van der Waals surface area contributed by atoms with Crippen molar-refractivity contribution in [3.63, 3.8) is 0 Å². The van der Waals surface area contributed by atoms with Crippen molar-refractivity contribution in [1.82, 2.24) is 0 Å². The molecule has 0 amide bonds. The summed E-state index contributed by atoms with van der Waals surface area (Å²) in [7, 11) is 0. The van der Waals surface area contributed by atoms with Crippen molar-refractivity contribution < 1.29 is 37.7 Å². The molecule has 0 aromatic heterocycles. The number of hydrogen-bond donors (Lipinski definition) is 0. The van der Waals surface area contributed by atoms with Gasteiger partial charge >= 0.3 is 23.8 Å². The van der Waals surface area contributed by atoms with Gasteiger partial charge in [0.05, 0.1) is 6.61 Å². The Morgan fingerprint density at radius 2 is 1.67 bits per heavy atom. The molecule has 1 aliphatic heterocycles. The summed E-state index contributed by atoms with van der Waals surface area (Å²) in [6.45, 7) is 2.59. The van der Waals surface area contributed by atoms with Crippen molar-refractivity contribution in [2.75, 3.05) is 6.61 Å². The monoisotopic (exact) mass is 303 g/mol. The van der Waals surface area contributed by atoms with Gasteiger partial charge in [0.25, 0.3) is 0 Å². The smallest absolute Gasteiger partial charge is 0.338 e. The van der Waals surface area contributed by atoms with E-state index in [1.165, 1.54) is 6.07 Å². The first-order chi connectivity index (χ1) is 9.69. The highest BCUT2D eigenvalue weighted by atomic mass is 19.2. The SMILES string of the molecule is CC(=O)OC1CO[C@@](F)(C#N)C(OC(C)=O)C1OC(C)=O. The number of halogens is 1. The highest BCUT2D eigenvalue weighted by molar-refractivity contribution is 5.68. The minimum Gasteiger partial charge on any atom is -0.456 e. The van der Waals surface area contributed by atoms with Crippen LogP contribution < -0.4 is 0 Å². The van der Waals surface area contributed by atoms with E-state index in [2.05, 4.69) is 4.74 Å². The van der Waals surface area contributed by atoms with Crippen LogP contribution in [0.4, 0.5) is 4.39 Å². The topological polar surface area (TPSA) is 112 Å². The molecule has 1 heterocycles. The third-order valence-corrected chi connectivity index (χ3v) is 2.55. The van der Waals surface area contributed by atoms with E-state index in [9.17, 15) is 18.8 Å². The number of ether oxygens (including phenoxy) is 4. The van der Waals surface area contributed by atoms with Crippen molar-refractivity contribution in [3.8, 4) is 6.07 Å². The van der Waals surface area contributed by atoms with Gasteiger partial charge in [-0.1, -0.05) is 0 Å². The Morgan fingerprint density at radius 1 is 1.14 bits per heavy atom.